The molecule has 110 valence electrons. The molecule has 1 aliphatic rings. The zero-order valence-electron chi connectivity index (χ0n) is 11.9. The molecular weight excluding hydrogens is 350 g/mol. The van der Waals surface area contributed by atoms with Gasteiger partial charge in [-0.3, -0.25) is 4.90 Å². The van der Waals surface area contributed by atoms with Crippen molar-refractivity contribution in [1.29, 1.82) is 0 Å². The third-order valence-corrected chi connectivity index (χ3v) is 4.83. The van der Waals surface area contributed by atoms with Crippen LogP contribution in [0.4, 0.5) is 0 Å². The van der Waals surface area contributed by atoms with E-state index in [0.29, 0.717) is 0 Å². The number of hydrogen-bond acceptors (Lipinski definition) is 2. The molecular formula is C17H17BrClNO. The van der Waals surface area contributed by atoms with Crippen molar-refractivity contribution in [2.24, 2.45) is 0 Å². The summed E-state index contributed by atoms with van der Waals surface area (Å²) in [5.41, 5.74) is 2.38. The number of nitrogens with zero attached hydrogens (tertiary/aromatic N) is 1. The molecule has 0 aromatic heterocycles. The number of ether oxygens (including phenoxy) is 1. The molecule has 0 spiro atoms. The van der Waals surface area contributed by atoms with E-state index in [0.717, 1.165) is 40.4 Å². The summed E-state index contributed by atoms with van der Waals surface area (Å²) in [5.74, 6) is 0.959. The van der Waals surface area contributed by atoms with Crippen molar-refractivity contribution in [3.05, 3.63) is 63.1 Å². The van der Waals surface area contributed by atoms with Crippen LogP contribution in [0, 0.1) is 0 Å². The van der Waals surface area contributed by atoms with E-state index in [9.17, 15) is 0 Å². The highest BCUT2D eigenvalue weighted by molar-refractivity contribution is 9.10. The van der Waals surface area contributed by atoms with E-state index in [-0.39, 0.29) is 6.10 Å². The maximum absolute atomic E-state index is 6.28. The lowest BCUT2D eigenvalue weighted by Gasteiger charge is -2.22. The van der Waals surface area contributed by atoms with Gasteiger partial charge in [0.25, 0.3) is 0 Å². The molecule has 0 radical (unpaired) electrons. The largest absolute Gasteiger partial charge is 0.484 e. The first-order valence-corrected chi connectivity index (χ1v) is 8.26. The molecule has 21 heavy (non-hydrogen) atoms. The number of halogens is 2. The molecule has 1 atom stereocenters. The molecule has 1 unspecified atom stereocenters. The van der Waals surface area contributed by atoms with Gasteiger partial charge in [0.05, 0.1) is 0 Å². The highest BCUT2D eigenvalue weighted by Gasteiger charge is 2.24. The van der Waals surface area contributed by atoms with Crippen molar-refractivity contribution in [2.75, 3.05) is 13.1 Å². The van der Waals surface area contributed by atoms with E-state index in [4.69, 9.17) is 16.3 Å². The Labute approximate surface area is 138 Å². The lowest BCUT2D eigenvalue weighted by atomic mass is 10.1. The number of likely N-dealkylation sites (N-methyl/N-ethyl adjacent to an activating group) is 1. The number of hydrogen-bond donors (Lipinski definition) is 0. The van der Waals surface area contributed by atoms with Crippen LogP contribution in [0.3, 0.4) is 0 Å². The first kappa shape index (κ1) is 14.9. The Morgan fingerprint density at radius 3 is 2.71 bits per heavy atom. The summed E-state index contributed by atoms with van der Waals surface area (Å²) in [6.45, 7) is 4.95. The van der Waals surface area contributed by atoms with Crippen molar-refractivity contribution in [2.45, 2.75) is 19.6 Å². The van der Waals surface area contributed by atoms with Crippen LogP contribution in [0.15, 0.2) is 46.9 Å². The fourth-order valence-electron chi connectivity index (χ4n) is 2.61. The van der Waals surface area contributed by atoms with Crippen LogP contribution in [-0.2, 0) is 6.54 Å². The lowest BCUT2D eigenvalue weighted by molar-refractivity contribution is 0.152. The summed E-state index contributed by atoms with van der Waals surface area (Å²) >= 11 is 9.62. The van der Waals surface area contributed by atoms with E-state index < -0.39 is 0 Å². The Morgan fingerprint density at radius 1 is 1.24 bits per heavy atom. The van der Waals surface area contributed by atoms with Crippen LogP contribution in [0.5, 0.6) is 5.75 Å². The first-order valence-electron chi connectivity index (χ1n) is 7.09. The second kappa shape index (κ2) is 6.39. The van der Waals surface area contributed by atoms with Gasteiger partial charge in [-0.15, -0.1) is 0 Å². The molecule has 1 aliphatic heterocycles. The van der Waals surface area contributed by atoms with Crippen LogP contribution < -0.4 is 4.74 Å². The predicted octanol–water partition coefficient (Wildman–Crippen LogP) is 5.06. The van der Waals surface area contributed by atoms with Gasteiger partial charge in [0.2, 0.25) is 0 Å². The topological polar surface area (TPSA) is 12.5 Å². The molecule has 4 heteroatoms. The molecule has 0 fully saturated rings. The van der Waals surface area contributed by atoms with Crippen molar-refractivity contribution >= 4 is 27.5 Å². The summed E-state index contributed by atoms with van der Waals surface area (Å²) < 4.78 is 7.39. The van der Waals surface area contributed by atoms with Crippen LogP contribution in [-0.4, -0.2) is 18.0 Å². The smallest absolute Gasteiger partial charge is 0.136 e. The van der Waals surface area contributed by atoms with E-state index >= 15 is 0 Å². The normalized spacial score (nSPS) is 18.7. The third kappa shape index (κ3) is 3.25. The summed E-state index contributed by atoms with van der Waals surface area (Å²) in [5, 5.41) is 0.753. The molecule has 0 amide bonds. The third-order valence-electron chi connectivity index (χ3n) is 3.84. The monoisotopic (exact) mass is 365 g/mol. The van der Waals surface area contributed by atoms with Crippen LogP contribution in [0.1, 0.15) is 24.2 Å². The van der Waals surface area contributed by atoms with Gasteiger partial charge in [0, 0.05) is 28.1 Å². The first-order chi connectivity index (χ1) is 10.2. The number of benzene rings is 2. The Bertz CT molecular complexity index is 629. The van der Waals surface area contributed by atoms with Gasteiger partial charge in [-0.25, -0.2) is 0 Å². The average molecular weight is 367 g/mol. The standard InChI is InChI=1S/C17H17BrClNO/c1-2-20-10-14-15(18)4-3-5-16(14)21-17(11-20)12-6-8-13(19)9-7-12/h3-9,17H,2,10-11H2,1H3. The van der Waals surface area contributed by atoms with Crippen LogP contribution in [0.2, 0.25) is 5.02 Å². The molecule has 0 aliphatic carbocycles. The van der Waals surface area contributed by atoms with Crippen molar-refractivity contribution in [1.82, 2.24) is 4.90 Å². The molecule has 2 nitrogen and oxygen atoms in total. The van der Waals surface area contributed by atoms with Crippen molar-refractivity contribution in [3.8, 4) is 5.75 Å². The molecule has 0 saturated carbocycles. The number of rotatable bonds is 2. The van der Waals surface area contributed by atoms with E-state index in [1.807, 2.05) is 36.4 Å². The Morgan fingerprint density at radius 2 is 2.00 bits per heavy atom. The minimum absolute atomic E-state index is 0.0257. The van der Waals surface area contributed by atoms with Gasteiger partial charge < -0.3 is 4.74 Å². The molecule has 0 bridgehead atoms. The van der Waals surface area contributed by atoms with Gasteiger partial charge in [-0.1, -0.05) is 52.7 Å². The van der Waals surface area contributed by atoms with Gasteiger partial charge in [0.15, 0.2) is 0 Å². The molecule has 0 N–H and O–H groups in total. The van der Waals surface area contributed by atoms with E-state index in [1.54, 1.807) is 0 Å². The van der Waals surface area contributed by atoms with Gasteiger partial charge in [-0.05, 0) is 36.4 Å². The Hall–Kier alpha value is -1.03. The fraction of sp³-hybridized carbons (Fsp3) is 0.294. The summed E-state index contributed by atoms with van der Waals surface area (Å²) in [6.07, 6.45) is 0.0257. The second-order valence-electron chi connectivity index (χ2n) is 5.20. The van der Waals surface area contributed by atoms with Gasteiger partial charge >= 0.3 is 0 Å². The minimum Gasteiger partial charge on any atom is -0.484 e. The van der Waals surface area contributed by atoms with Crippen molar-refractivity contribution in [3.63, 3.8) is 0 Å². The SMILES string of the molecule is CCN1Cc2c(Br)cccc2OC(c2ccc(Cl)cc2)C1. The van der Waals surface area contributed by atoms with E-state index in [2.05, 4.69) is 33.8 Å². The van der Waals surface area contributed by atoms with Crippen LogP contribution >= 0.6 is 27.5 Å². The maximum atomic E-state index is 6.28. The zero-order chi connectivity index (χ0) is 14.8. The second-order valence-corrected chi connectivity index (χ2v) is 6.49. The average Bonchev–Trinajstić information content (AvgIpc) is 2.68. The summed E-state index contributed by atoms with van der Waals surface area (Å²) in [7, 11) is 0. The summed E-state index contributed by atoms with van der Waals surface area (Å²) in [6, 6.07) is 14.1. The molecule has 3 rings (SSSR count). The summed E-state index contributed by atoms with van der Waals surface area (Å²) in [4.78, 5) is 2.40. The van der Waals surface area contributed by atoms with Crippen LogP contribution in [0.25, 0.3) is 0 Å². The zero-order valence-corrected chi connectivity index (χ0v) is 14.2. The fourth-order valence-corrected chi connectivity index (χ4v) is 3.21. The van der Waals surface area contributed by atoms with E-state index in [1.165, 1.54) is 5.56 Å². The maximum Gasteiger partial charge on any atom is 0.136 e. The highest BCUT2D eigenvalue weighted by atomic mass is 79.9. The Balaban J connectivity index is 1.97. The number of fused-ring (bicyclic) bond motifs is 1. The van der Waals surface area contributed by atoms with Crippen molar-refractivity contribution < 1.29 is 4.74 Å². The molecule has 1 heterocycles. The van der Waals surface area contributed by atoms with Gasteiger partial charge in [0.1, 0.15) is 11.9 Å². The quantitative estimate of drug-likeness (QED) is 0.736. The van der Waals surface area contributed by atoms with Gasteiger partial charge in [-0.2, -0.15) is 0 Å². The molecule has 2 aromatic rings. The minimum atomic E-state index is 0.0257. The molecule has 2 aromatic carbocycles. The highest BCUT2D eigenvalue weighted by Crippen LogP contribution is 2.35. The lowest BCUT2D eigenvalue weighted by Crippen LogP contribution is -2.27. The Kier molecular flexibility index (Phi) is 4.53. The molecule has 0 saturated heterocycles. The predicted molar refractivity (Wildman–Crippen MR) is 89.9 cm³/mol.